The number of carbonyl (C=O) groups excluding carboxylic acids is 1. The molecule has 0 unspecified atom stereocenters. The van der Waals surface area contributed by atoms with Gasteiger partial charge in [0, 0.05) is 6.42 Å². The molecule has 0 aromatic heterocycles. The van der Waals surface area contributed by atoms with Gasteiger partial charge in [0.15, 0.2) is 0 Å². The fourth-order valence-corrected chi connectivity index (χ4v) is 0.905. The molecule has 0 aromatic carbocycles. The molecule has 0 spiro atoms. The zero-order valence-electron chi connectivity index (χ0n) is 7.84. The Hall–Kier alpha value is -1.05. The van der Waals surface area contributed by atoms with Crippen LogP contribution in [-0.2, 0) is 4.79 Å². The van der Waals surface area contributed by atoms with Gasteiger partial charge in [-0.15, -0.1) is 0 Å². The Bertz CT molecular complexity index is 194. The smallest absolute Gasteiger partial charge is 0.221 e. The van der Waals surface area contributed by atoms with E-state index < -0.39 is 0 Å². The van der Waals surface area contributed by atoms with Crippen LogP contribution < -0.4 is 5.73 Å². The molecule has 2 N–H and O–H groups in total. The molecule has 0 saturated carbocycles. The summed E-state index contributed by atoms with van der Waals surface area (Å²) < 4.78 is 0. The van der Waals surface area contributed by atoms with E-state index in [1.165, 1.54) is 0 Å². The standard InChI is InChI=1S/C10H17NO/c1-4-5-6-8(2)9(3)7-10(11)12/h4-5,8H,3,6-7H2,1-2H3,(H2,11,12)/b5-4+/t8-/m1/s1. The molecule has 0 aliphatic rings. The molecular formula is C10H17NO. The van der Waals surface area contributed by atoms with Gasteiger partial charge in [-0.05, 0) is 19.3 Å². The molecular weight excluding hydrogens is 150 g/mol. The monoisotopic (exact) mass is 167 g/mol. The Kier molecular flexibility index (Phi) is 5.09. The van der Waals surface area contributed by atoms with Gasteiger partial charge >= 0.3 is 0 Å². The van der Waals surface area contributed by atoms with E-state index in [-0.39, 0.29) is 5.91 Å². The van der Waals surface area contributed by atoms with E-state index in [1.54, 1.807) is 0 Å². The molecule has 0 bridgehead atoms. The van der Waals surface area contributed by atoms with Crippen LogP contribution in [0.4, 0.5) is 0 Å². The first-order valence-corrected chi connectivity index (χ1v) is 4.15. The van der Waals surface area contributed by atoms with Gasteiger partial charge in [-0.1, -0.05) is 31.2 Å². The molecule has 0 radical (unpaired) electrons. The van der Waals surface area contributed by atoms with Crippen LogP contribution in [0.1, 0.15) is 26.7 Å². The summed E-state index contributed by atoms with van der Waals surface area (Å²) in [5.41, 5.74) is 5.96. The third-order valence-corrected chi connectivity index (χ3v) is 1.82. The normalized spacial score (nSPS) is 13.2. The molecule has 0 rings (SSSR count). The van der Waals surface area contributed by atoms with Crippen LogP contribution in [0.5, 0.6) is 0 Å². The van der Waals surface area contributed by atoms with Crippen molar-refractivity contribution in [1.82, 2.24) is 0 Å². The summed E-state index contributed by atoms with van der Waals surface area (Å²) in [6.45, 7) is 7.84. The number of allylic oxidation sites excluding steroid dienone is 2. The highest BCUT2D eigenvalue weighted by atomic mass is 16.1. The zero-order valence-corrected chi connectivity index (χ0v) is 7.84. The number of hydrogen-bond donors (Lipinski definition) is 1. The van der Waals surface area contributed by atoms with Crippen molar-refractivity contribution in [3.05, 3.63) is 24.3 Å². The first-order valence-electron chi connectivity index (χ1n) is 4.15. The summed E-state index contributed by atoms with van der Waals surface area (Å²) in [5, 5.41) is 0. The van der Waals surface area contributed by atoms with Gasteiger partial charge in [0.1, 0.15) is 0 Å². The predicted molar refractivity (Wildman–Crippen MR) is 51.5 cm³/mol. The maximum atomic E-state index is 10.5. The van der Waals surface area contributed by atoms with Crippen molar-refractivity contribution >= 4 is 5.91 Å². The van der Waals surface area contributed by atoms with Crippen molar-refractivity contribution in [3.63, 3.8) is 0 Å². The van der Waals surface area contributed by atoms with Crippen molar-refractivity contribution in [2.75, 3.05) is 0 Å². The van der Waals surface area contributed by atoms with E-state index in [9.17, 15) is 4.79 Å². The summed E-state index contributed by atoms with van der Waals surface area (Å²) >= 11 is 0. The van der Waals surface area contributed by atoms with Gasteiger partial charge in [-0.2, -0.15) is 0 Å². The van der Waals surface area contributed by atoms with Crippen molar-refractivity contribution in [1.29, 1.82) is 0 Å². The van der Waals surface area contributed by atoms with E-state index in [0.29, 0.717) is 12.3 Å². The van der Waals surface area contributed by atoms with Gasteiger partial charge in [0.25, 0.3) is 0 Å². The minimum Gasteiger partial charge on any atom is -0.369 e. The van der Waals surface area contributed by atoms with Crippen LogP contribution >= 0.6 is 0 Å². The third kappa shape index (κ3) is 4.72. The van der Waals surface area contributed by atoms with Gasteiger partial charge in [0.2, 0.25) is 5.91 Å². The van der Waals surface area contributed by atoms with E-state index in [1.807, 2.05) is 19.9 Å². The van der Waals surface area contributed by atoms with Crippen LogP contribution in [0.2, 0.25) is 0 Å². The van der Waals surface area contributed by atoms with Crippen molar-refractivity contribution in [2.45, 2.75) is 26.7 Å². The van der Waals surface area contributed by atoms with Crippen LogP contribution in [0.15, 0.2) is 24.3 Å². The Labute approximate surface area is 74.1 Å². The van der Waals surface area contributed by atoms with Crippen LogP contribution in [-0.4, -0.2) is 5.91 Å². The molecule has 0 saturated heterocycles. The van der Waals surface area contributed by atoms with Gasteiger partial charge in [-0.3, -0.25) is 4.79 Å². The van der Waals surface area contributed by atoms with Crippen molar-refractivity contribution in [3.8, 4) is 0 Å². The number of hydrogen-bond acceptors (Lipinski definition) is 1. The minimum atomic E-state index is -0.299. The fourth-order valence-electron chi connectivity index (χ4n) is 0.905. The summed E-state index contributed by atoms with van der Waals surface area (Å²) in [7, 11) is 0. The molecule has 1 amide bonds. The Morgan fingerprint density at radius 1 is 1.67 bits per heavy atom. The van der Waals surface area contributed by atoms with Crippen LogP contribution in [0.25, 0.3) is 0 Å². The summed E-state index contributed by atoms with van der Waals surface area (Å²) in [6, 6.07) is 0. The average Bonchev–Trinajstić information content (AvgIpc) is 1.98. The number of rotatable bonds is 5. The maximum Gasteiger partial charge on any atom is 0.221 e. The lowest BCUT2D eigenvalue weighted by Crippen LogP contribution is -2.13. The second-order valence-electron chi connectivity index (χ2n) is 3.01. The lowest BCUT2D eigenvalue weighted by molar-refractivity contribution is -0.117. The highest BCUT2D eigenvalue weighted by molar-refractivity contribution is 5.76. The molecule has 0 fully saturated rings. The Morgan fingerprint density at radius 2 is 2.25 bits per heavy atom. The molecule has 0 aromatic rings. The van der Waals surface area contributed by atoms with Crippen molar-refractivity contribution in [2.24, 2.45) is 11.7 Å². The van der Waals surface area contributed by atoms with E-state index in [0.717, 1.165) is 12.0 Å². The molecule has 0 aliphatic carbocycles. The molecule has 68 valence electrons. The maximum absolute atomic E-state index is 10.5. The minimum absolute atomic E-state index is 0.299. The summed E-state index contributed by atoms with van der Waals surface area (Å²) in [4.78, 5) is 10.5. The Morgan fingerprint density at radius 3 is 2.67 bits per heavy atom. The van der Waals surface area contributed by atoms with E-state index in [2.05, 4.69) is 12.7 Å². The molecule has 0 aliphatic heterocycles. The van der Waals surface area contributed by atoms with E-state index >= 15 is 0 Å². The number of primary amides is 1. The third-order valence-electron chi connectivity index (χ3n) is 1.82. The quantitative estimate of drug-likeness (QED) is 0.625. The average molecular weight is 167 g/mol. The summed E-state index contributed by atoms with van der Waals surface area (Å²) in [5.74, 6) is 0.0426. The number of carbonyl (C=O) groups is 1. The van der Waals surface area contributed by atoms with Crippen molar-refractivity contribution < 1.29 is 4.79 Å². The highest BCUT2D eigenvalue weighted by Gasteiger charge is 2.06. The summed E-state index contributed by atoms with van der Waals surface area (Å²) in [6.07, 6.45) is 5.30. The first-order chi connectivity index (χ1) is 5.57. The fraction of sp³-hybridized carbons (Fsp3) is 0.500. The predicted octanol–water partition coefficient (Wildman–Crippen LogP) is 2.02. The van der Waals surface area contributed by atoms with Crippen LogP contribution in [0.3, 0.4) is 0 Å². The van der Waals surface area contributed by atoms with E-state index in [4.69, 9.17) is 5.73 Å². The zero-order chi connectivity index (χ0) is 9.56. The molecule has 2 heteroatoms. The largest absolute Gasteiger partial charge is 0.369 e. The number of nitrogens with two attached hydrogens (primary N) is 1. The SMILES string of the molecule is C=C(CC(N)=O)[C@H](C)C/C=C/C. The molecule has 0 heterocycles. The second-order valence-corrected chi connectivity index (χ2v) is 3.01. The van der Waals surface area contributed by atoms with Gasteiger partial charge in [0.05, 0.1) is 0 Å². The van der Waals surface area contributed by atoms with Gasteiger partial charge < -0.3 is 5.73 Å². The lowest BCUT2D eigenvalue weighted by Gasteiger charge is -2.10. The van der Waals surface area contributed by atoms with Gasteiger partial charge in [-0.25, -0.2) is 0 Å². The first kappa shape index (κ1) is 11.0. The highest BCUT2D eigenvalue weighted by Crippen LogP contribution is 2.15. The van der Waals surface area contributed by atoms with Crippen LogP contribution in [0, 0.1) is 5.92 Å². The topological polar surface area (TPSA) is 43.1 Å². The molecule has 2 nitrogen and oxygen atoms in total. The molecule has 12 heavy (non-hydrogen) atoms. The number of amides is 1. The molecule has 1 atom stereocenters. The lowest BCUT2D eigenvalue weighted by atomic mass is 9.96. The second kappa shape index (κ2) is 5.58. The Balaban J connectivity index is 3.84.